The van der Waals surface area contributed by atoms with E-state index in [2.05, 4.69) is 53.7 Å². The van der Waals surface area contributed by atoms with Gasteiger partial charge >= 0.3 is 5.97 Å². The summed E-state index contributed by atoms with van der Waals surface area (Å²) in [7, 11) is 0. The lowest BCUT2D eigenvalue weighted by Gasteiger charge is -2.16. The third-order valence-corrected chi connectivity index (χ3v) is 8.70. The Labute approximate surface area is 253 Å². The van der Waals surface area contributed by atoms with Gasteiger partial charge in [0.05, 0.1) is 6.61 Å². The van der Waals surface area contributed by atoms with Gasteiger partial charge in [0.15, 0.2) is 0 Å². The van der Waals surface area contributed by atoms with Gasteiger partial charge in [-0.2, -0.15) is 0 Å². The lowest BCUT2D eigenvalue weighted by Crippen LogP contribution is -2.11. The summed E-state index contributed by atoms with van der Waals surface area (Å²) in [6.45, 7) is 14.6. The van der Waals surface area contributed by atoms with Crippen molar-refractivity contribution in [3.8, 4) is 0 Å². The summed E-state index contributed by atoms with van der Waals surface area (Å²) >= 11 is 0. The Hall–Kier alpha value is -0.790. The second-order valence-corrected chi connectivity index (χ2v) is 13.9. The molecule has 0 rings (SSSR count). The first-order valence-electron chi connectivity index (χ1n) is 18.2. The van der Waals surface area contributed by atoms with Crippen molar-refractivity contribution < 1.29 is 9.53 Å². The van der Waals surface area contributed by atoms with E-state index in [0.717, 1.165) is 30.6 Å². The van der Waals surface area contributed by atoms with Gasteiger partial charge in [-0.1, -0.05) is 169 Å². The summed E-state index contributed by atoms with van der Waals surface area (Å²) in [6.07, 6.45) is 35.7. The highest BCUT2D eigenvalue weighted by Crippen LogP contribution is 2.23. The topological polar surface area (TPSA) is 26.3 Å². The number of unbranched alkanes of at least 4 members (excludes halogenated alkanes) is 12. The molecule has 0 aromatic carbocycles. The van der Waals surface area contributed by atoms with Crippen LogP contribution >= 0.6 is 0 Å². The van der Waals surface area contributed by atoms with Crippen molar-refractivity contribution in [1.82, 2.24) is 0 Å². The third-order valence-electron chi connectivity index (χ3n) is 8.70. The molecule has 2 heteroatoms. The van der Waals surface area contributed by atoms with E-state index >= 15 is 0 Å². The number of hydrogen-bond donors (Lipinski definition) is 0. The van der Waals surface area contributed by atoms with Gasteiger partial charge in [0.1, 0.15) is 0 Å². The molecular weight excluding hydrogens is 488 g/mol. The largest absolute Gasteiger partial charge is 0.466 e. The van der Waals surface area contributed by atoms with E-state index in [1.807, 2.05) is 0 Å². The number of esters is 1. The highest BCUT2D eigenvalue weighted by atomic mass is 16.5. The minimum absolute atomic E-state index is 0.0137. The Kier molecular flexibility index (Phi) is 29.1. The van der Waals surface area contributed by atoms with Crippen LogP contribution in [0.4, 0.5) is 0 Å². The molecule has 0 fully saturated rings. The van der Waals surface area contributed by atoms with E-state index in [0.29, 0.717) is 18.9 Å². The highest BCUT2D eigenvalue weighted by Gasteiger charge is 2.12. The number of carbonyl (C=O) groups excluding carboxylic acids is 1. The summed E-state index contributed by atoms with van der Waals surface area (Å²) in [5.74, 6) is 3.00. The molecule has 0 aliphatic rings. The van der Waals surface area contributed by atoms with Gasteiger partial charge in [-0.3, -0.25) is 4.79 Å². The molecule has 0 aliphatic carbocycles. The smallest absolute Gasteiger partial charge is 0.306 e. The average molecular weight is 563 g/mol. The third kappa shape index (κ3) is 30.2. The molecule has 0 saturated heterocycles. The van der Waals surface area contributed by atoms with Crippen LogP contribution in [0.15, 0.2) is 12.2 Å². The number of carbonyl (C=O) groups is 1. The van der Waals surface area contributed by atoms with Crippen LogP contribution in [-0.4, -0.2) is 12.6 Å². The number of allylic oxidation sites excluding steroid dienone is 2. The second-order valence-electron chi connectivity index (χ2n) is 13.9. The average Bonchev–Trinajstić information content (AvgIpc) is 2.90. The molecule has 2 nitrogen and oxygen atoms in total. The van der Waals surface area contributed by atoms with E-state index in [1.165, 1.54) is 135 Å². The molecule has 238 valence electrons. The van der Waals surface area contributed by atoms with Gasteiger partial charge in [-0.15, -0.1) is 0 Å². The summed E-state index contributed by atoms with van der Waals surface area (Å²) in [5.41, 5.74) is 0. The zero-order valence-corrected chi connectivity index (χ0v) is 28.5. The Bertz CT molecular complexity index is 552. The molecule has 3 unspecified atom stereocenters. The Morgan fingerprint density at radius 1 is 0.525 bits per heavy atom. The van der Waals surface area contributed by atoms with Gasteiger partial charge in [-0.25, -0.2) is 0 Å². The fraction of sp³-hybridized carbons (Fsp3) is 0.921. The minimum Gasteiger partial charge on any atom is -0.466 e. The number of rotatable bonds is 30. The quantitative estimate of drug-likeness (QED) is 0.0494. The van der Waals surface area contributed by atoms with Crippen LogP contribution in [0.5, 0.6) is 0 Å². The van der Waals surface area contributed by atoms with Crippen molar-refractivity contribution >= 4 is 5.97 Å². The summed E-state index contributed by atoms with van der Waals surface area (Å²) in [5, 5.41) is 0. The Balaban J connectivity index is 3.49. The van der Waals surface area contributed by atoms with E-state index in [1.54, 1.807) is 0 Å². The van der Waals surface area contributed by atoms with Gasteiger partial charge in [0.2, 0.25) is 0 Å². The van der Waals surface area contributed by atoms with Crippen LogP contribution in [0.25, 0.3) is 0 Å². The highest BCUT2D eigenvalue weighted by molar-refractivity contribution is 5.69. The lowest BCUT2D eigenvalue weighted by atomic mass is 9.91. The molecule has 0 aliphatic heterocycles. The maximum atomic E-state index is 12.2. The molecule has 0 bridgehead atoms. The molecule has 3 atom stereocenters. The second kappa shape index (κ2) is 29.7. The van der Waals surface area contributed by atoms with Crippen LogP contribution in [0, 0.1) is 23.7 Å². The number of hydrogen-bond acceptors (Lipinski definition) is 2. The molecular formula is C38H74O2. The van der Waals surface area contributed by atoms with E-state index in [9.17, 15) is 4.79 Å². The van der Waals surface area contributed by atoms with E-state index in [4.69, 9.17) is 4.74 Å². The van der Waals surface area contributed by atoms with Crippen molar-refractivity contribution in [3.05, 3.63) is 12.2 Å². The summed E-state index contributed by atoms with van der Waals surface area (Å²) in [4.78, 5) is 12.2. The van der Waals surface area contributed by atoms with E-state index < -0.39 is 0 Å². The van der Waals surface area contributed by atoms with Crippen LogP contribution in [-0.2, 0) is 9.53 Å². The number of ether oxygens (including phenoxy) is 1. The first-order valence-corrected chi connectivity index (χ1v) is 18.2. The normalized spacial score (nSPS) is 14.2. The predicted molar refractivity (Wildman–Crippen MR) is 179 cm³/mol. The molecule has 0 aromatic rings. The molecule has 0 amide bonds. The van der Waals surface area contributed by atoms with Gasteiger partial charge in [0.25, 0.3) is 0 Å². The van der Waals surface area contributed by atoms with E-state index in [-0.39, 0.29) is 5.97 Å². The van der Waals surface area contributed by atoms with Crippen LogP contribution in [0.3, 0.4) is 0 Å². The summed E-state index contributed by atoms with van der Waals surface area (Å²) < 4.78 is 5.53. The molecule has 0 saturated carbocycles. The SMILES string of the molecule is CCCCCCCC/C=C\CCCCCCCCOC(=O)CC(C)CCCC(C)CCCC(C)CCCC(C)C. The maximum Gasteiger partial charge on any atom is 0.306 e. The summed E-state index contributed by atoms with van der Waals surface area (Å²) in [6, 6.07) is 0. The van der Waals surface area contributed by atoms with Crippen molar-refractivity contribution in [2.45, 2.75) is 196 Å². The maximum absolute atomic E-state index is 12.2. The molecule has 0 spiro atoms. The van der Waals surface area contributed by atoms with Crippen LogP contribution in [0.2, 0.25) is 0 Å². The fourth-order valence-electron chi connectivity index (χ4n) is 5.77. The lowest BCUT2D eigenvalue weighted by molar-refractivity contribution is -0.144. The first-order chi connectivity index (χ1) is 19.3. The van der Waals surface area contributed by atoms with Crippen molar-refractivity contribution in [2.24, 2.45) is 23.7 Å². The Morgan fingerprint density at radius 2 is 0.950 bits per heavy atom. The molecule has 0 heterocycles. The minimum atomic E-state index is 0.0137. The zero-order valence-electron chi connectivity index (χ0n) is 28.5. The molecule has 0 aromatic heterocycles. The van der Waals surface area contributed by atoms with Crippen molar-refractivity contribution in [2.75, 3.05) is 6.61 Å². The standard InChI is InChI=1S/C38H74O2/c1-7-8-9-10-11-12-13-14-15-16-17-18-19-20-21-22-32-40-38(39)33-37(6)31-25-30-36(5)29-24-28-35(4)27-23-26-34(2)3/h14-15,34-37H,7-13,16-33H2,1-6H3/b15-14-. The predicted octanol–water partition coefficient (Wildman–Crippen LogP) is 13.0. The van der Waals surface area contributed by atoms with Crippen molar-refractivity contribution in [1.29, 1.82) is 0 Å². The molecule has 40 heavy (non-hydrogen) atoms. The van der Waals surface area contributed by atoms with Gasteiger partial charge in [-0.05, 0) is 55.8 Å². The molecule has 0 radical (unpaired) electrons. The fourth-order valence-corrected chi connectivity index (χ4v) is 5.77. The Morgan fingerprint density at radius 3 is 1.45 bits per heavy atom. The molecule has 0 N–H and O–H groups in total. The van der Waals surface area contributed by atoms with Crippen LogP contribution in [0.1, 0.15) is 196 Å². The van der Waals surface area contributed by atoms with Gasteiger partial charge < -0.3 is 4.74 Å². The monoisotopic (exact) mass is 563 g/mol. The van der Waals surface area contributed by atoms with Gasteiger partial charge in [0, 0.05) is 6.42 Å². The first kappa shape index (κ1) is 39.2. The van der Waals surface area contributed by atoms with Crippen molar-refractivity contribution in [3.63, 3.8) is 0 Å². The zero-order chi connectivity index (χ0) is 29.7. The van der Waals surface area contributed by atoms with Crippen LogP contribution < -0.4 is 0 Å².